The molecule has 0 saturated carbocycles. The van der Waals surface area contributed by atoms with Crippen molar-refractivity contribution in [3.8, 4) is 0 Å². The number of benzene rings is 2. The number of halogens is 2. The molecule has 1 aromatic heterocycles. The highest BCUT2D eigenvalue weighted by molar-refractivity contribution is 7.85. The summed E-state index contributed by atoms with van der Waals surface area (Å²) in [5.41, 5.74) is 0.433. The van der Waals surface area contributed by atoms with E-state index in [2.05, 4.69) is 20.3 Å². The molecule has 23 heavy (non-hydrogen) atoms. The fourth-order valence-electron chi connectivity index (χ4n) is 1.97. The molecule has 2 aromatic carbocycles. The lowest BCUT2D eigenvalue weighted by molar-refractivity contribution is 0.458. The molecule has 2 N–H and O–H groups in total. The van der Waals surface area contributed by atoms with Gasteiger partial charge in [0, 0.05) is 5.69 Å². The fraction of sp³-hybridized carbons (Fsp3) is 0. The molecule has 3 rings (SSSR count). The zero-order valence-corrected chi connectivity index (χ0v) is 12.1. The van der Waals surface area contributed by atoms with Gasteiger partial charge in [-0.05, 0) is 35.0 Å². The summed E-state index contributed by atoms with van der Waals surface area (Å²) in [7, 11) is -4.29. The first kappa shape index (κ1) is 15.2. The highest BCUT2D eigenvalue weighted by Gasteiger charge is 2.10. The van der Waals surface area contributed by atoms with Crippen molar-refractivity contribution in [3.05, 3.63) is 48.6 Å². The first-order chi connectivity index (χ1) is 10.8. The van der Waals surface area contributed by atoms with Crippen LogP contribution in [0.25, 0.3) is 10.8 Å². The molecule has 0 aliphatic heterocycles. The zero-order valence-electron chi connectivity index (χ0n) is 11.2. The van der Waals surface area contributed by atoms with Crippen LogP contribution in [0.5, 0.6) is 0 Å². The number of nitrogens with one attached hydrogen (secondary N) is 1. The van der Waals surface area contributed by atoms with Crippen LogP contribution in [-0.4, -0.2) is 27.9 Å². The highest BCUT2D eigenvalue weighted by Crippen LogP contribution is 2.23. The van der Waals surface area contributed by atoms with E-state index in [0.29, 0.717) is 16.5 Å². The molecule has 0 radical (unpaired) electrons. The molecule has 0 saturated heterocycles. The Morgan fingerprint density at radius 2 is 1.52 bits per heavy atom. The van der Waals surface area contributed by atoms with Gasteiger partial charge in [-0.2, -0.15) is 32.2 Å². The molecule has 0 atom stereocenters. The summed E-state index contributed by atoms with van der Waals surface area (Å²) in [4.78, 5) is 9.16. The molecule has 0 amide bonds. The monoisotopic (exact) mass is 338 g/mol. The van der Waals surface area contributed by atoms with Crippen molar-refractivity contribution in [2.75, 3.05) is 5.32 Å². The Morgan fingerprint density at radius 3 is 2.17 bits per heavy atom. The van der Waals surface area contributed by atoms with Gasteiger partial charge in [-0.15, -0.1) is 0 Å². The van der Waals surface area contributed by atoms with E-state index in [1.54, 1.807) is 12.1 Å². The van der Waals surface area contributed by atoms with E-state index >= 15 is 0 Å². The lowest BCUT2D eigenvalue weighted by Gasteiger charge is -2.07. The molecule has 1 heterocycles. The van der Waals surface area contributed by atoms with Crippen molar-refractivity contribution < 1.29 is 21.8 Å². The number of nitrogens with zero attached hydrogens (tertiary/aromatic N) is 3. The Balaban J connectivity index is 1.97. The van der Waals surface area contributed by atoms with Crippen molar-refractivity contribution in [3.63, 3.8) is 0 Å². The second-order valence-corrected chi connectivity index (χ2v) is 5.94. The summed E-state index contributed by atoms with van der Waals surface area (Å²) in [5.74, 6) is -0.302. The van der Waals surface area contributed by atoms with Gasteiger partial charge in [0.05, 0.1) is 4.90 Å². The number of fused-ring (bicyclic) bond motifs is 1. The van der Waals surface area contributed by atoms with Gasteiger partial charge in [-0.1, -0.05) is 12.1 Å². The SMILES string of the molecule is O=S(=O)(O)c1ccc2cc(Nc3nc(F)nc(F)n3)ccc2c1. The van der Waals surface area contributed by atoms with Crippen LogP contribution < -0.4 is 5.32 Å². The first-order valence-corrected chi connectivity index (χ1v) is 7.61. The molecule has 0 aliphatic rings. The number of hydrogen-bond acceptors (Lipinski definition) is 6. The lowest BCUT2D eigenvalue weighted by atomic mass is 10.1. The highest BCUT2D eigenvalue weighted by atomic mass is 32.2. The molecule has 7 nitrogen and oxygen atoms in total. The summed E-state index contributed by atoms with van der Waals surface area (Å²) in [5, 5.41) is 3.80. The standard InChI is InChI=1S/C13H8F2N4O3S/c14-11-17-12(15)19-13(18-11)16-9-3-1-8-6-10(23(20,21)22)4-2-7(8)5-9/h1-6H,(H,20,21,22)(H,16,17,18,19). The second kappa shape index (κ2) is 5.48. The summed E-state index contributed by atoms with van der Waals surface area (Å²) >= 11 is 0. The first-order valence-electron chi connectivity index (χ1n) is 6.17. The van der Waals surface area contributed by atoms with Crippen LogP contribution in [0.4, 0.5) is 20.4 Å². The number of anilines is 2. The second-order valence-electron chi connectivity index (χ2n) is 4.52. The Hall–Kier alpha value is -2.72. The van der Waals surface area contributed by atoms with Gasteiger partial charge in [0.15, 0.2) is 0 Å². The summed E-state index contributed by atoms with van der Waals surface area (Å²) in [6.45, 7) is 0. The molecule has 0 unspecified atom stereocenters. The normalized spacial score (nSPS) is 11.6. The van der Waals surface area contributed by atoms with E-state index in [4.69, 9.17) is 4.55 Å². The van der Waals surface area contributed by atoms with Gasteiger partial charge < -0.3 is 5.32 Å². The average Bonchev–Trinajstić information content (AvgIpc) is 2.44. The van der Waals surface area contributed by atoms with Crippen molar-refractivity contribution in [2.45, 2.75) is 4.90 Å². The summed E-state index contributed by atoms with van der Waals surface area (Å²) in [6, 6.07) is 8.73. The Labute approximate surface area is 128 Å². The van der Waals surface area contributed by atoms with E-state index in [-0.39, 0.29) is 10.8 Å². The summed E-state index contributed by atoms with van der Waals surface area (Å²) in [6.07, 6.45) is -2.50. The van der Waals surface area contributed by atoms with Gasteiger partial charge >= 0.3 is 12.2 Å². The van der Waals surface area contributed by atoms with Crippen LogP contribution in [0.1, 0.15) is 0 Å². The van der Waals surface area contributed by atoms with Crippen LogP contribution in [0, 0.1) is 12.2 Å². The number of aromatic nitrogens is 3. The molecule has 0 fully saturated rings. The quantitative estimate of drug-likeness (QED) is 0.706. The maximum atomic E-state index is 12.9. The maximum absolute atomic E-state index is 12.9. The van der Waals surface area contributed by atoms with E-state index in [1.807, 2.05) is 0 Å². The van der Waals surface area contributed by atoms with E-state index in [9.17, 15) is 17.2 Å². The average molecular weight is 338 g/mol. The number of rotatable bonds is 3. The lowest BCUT2D eigenvalue weighted by Crippen LogP contribution is -2.04. The summed E-state index contributed by atoms with van der Waals surface area (Å²) < 4.78 is 57.0. The Bertz CT molecular complexity index is 991. The molecular weight excluding hydrogens is 330 g/mol. The predicted octanol–water partition coefficient (Wildman–Crippen LogP) is 2.29. The van der Waals surface area contributed by atoms with E-state index < -0.39 is 22.3 Å². The van der Waals surface area contributed by atoms with Gasteiger partial charge in [0.2, 0.25) is 5.95 Å². The van der Waals surface area contributed by atoms with Crippen LogP contribution >= 0.6 is 0 Å². The minimum Gasteiger partial charge on any atom is -0.324 e. The third kappa shape index (κ3) is 3.38. The van der Waals surface area contributed by atoms with Crippen molar-refractivity contribution >= 4 is 32.5 Å². The molecule has 0 bridgehead atoms. The van der Waals surface area contributed by atoms with Crippen LogP contribution in [0.2, 0.25) is 0 Å². The van der Waals surface area contributed by atoms with Gasteiger partial charge in [0.1, 0.15) is 0 Å². The van der Waals surface area contributed by atoms with E-state index in [1.165, 1.54) is 24.3 Å². The Morgan fingerprint density at radius 1 is 0.913 bits per heavy atom. The largest absolute Gasteiger partial charge is 0.324 e. The van der Waals surface area contributed by atoms with Gasteiger partial charge in [-0.25, -0.2) is 0 Å². The molecule has 0 spiro atoms. The fourth-order valence-corrected chi connectivity index (χ4v) is 2.49. The smallest absolute Gasteiger partial charge is 0.315 e. The topological polar surface area (TPSA) is 105 Å². The maximum Gasteiger partial charge on any atom is 0.315 e. The molecular formula is C13H8F2N4O3S. The van der Waals surface area contributed by atoms with Gasteiger partial charge in [-0.3, -0.25) is 4.55 Å². The molecule has 3 aromatic rings. The zero-order chi connectivity index (χ0) is 16.6. The van der Waals surface area contributed by atoms with Gasteiger partial charge in [0.25, 0.3) is 10.1 Å². The minimum absolute atomic E-state index is 0.229. The van der Waals surface area contributed by atoms with Crippen molar-refractivity contribution in [1.82, 2.24) is 15.0 Å². The molecule has 118 valence electrons. The molecule has 0 aliphatic carbocycles. The van der Waals surface area contributed by atoms with E-state index in [0.717, 1.165) is 0 Å². The van der Waals surface area contributed by atoms with Crippen LogP contribution in [0.3, 0.4) is 0 Å². The molecule has 10 heteroatoms. The van der Waals surface area contributed by atoms with Crippen molar-refractivity contribution in [1.29, 1.82) is 0 Å². The van der Waals surface area contributed by atoms with Crippen LogP contribution in [0.15, 0.2) is 41.3 Å². The number of hydrogen-bond donors (Lipinski definition) is 2. The Kier molecular flexibility index (Phi) is 3.62. The minimum atomic E-state index is -4.29. The predicted molar refractivity (Wildman–Crippen MR) is 76.8 cm³/mol. The third-order valence-corrected chi connectivity index (χ3v) is 3.80. The van der Waals surface area contributed by atoms with Crippen molar-refractivity contribution in [2.24, 2.45) is 0 Å². The van der Waals surface area contributed by atoms with Crippen LogP contribution in [-0.2, 0) is 10.1 Å². The third-order valence-electron chi connectivity index (χ3n) is 2.95.